The Balaban J connectivity index is 1.31. The van der Waals surface area contributed by atoms with Crippen molar-refractivity contribution in [3.63, 3.8) is 0 Å². The lowest BCUT2D eigenvalue weighted by atomic mass is 9.63. The van der Waals surface area contributed by atoms with E-state index in [1.54, 1.807) is 0 Å². The molecule has 3 heteroatoms. The van der Waals surface area contributed by atoms with Crippen molar-refractivity contribution in [3.8, 4) is 11.8 Å². The van der Waals surface area contributed by atoms with Crippen LogP contribution in [0.2, 0.25) is 0 Å². The van der Waals surface area contributed by atoms with Gasteiger partial charge in [-0.05, 0) is 83.0 Å². The minimum Gasteiger partial charge on any atom is -0.393 e. The third-order valence-electron chi connectivity index (χ3n) is 10.5. The molecule has 3 nitrogen and oxygen atoms in total. The van der Waals surface area contributed by atoms with Crippen LogP contribution in [0, 0.1) is 46.3 Å². The molecule has 0 aromatic carbocycles. The summed E-state index contributed by atoms with van der Waals surface area (Å²) < 4.78 is 6.29. The molecule has 0 aromatic rings. The number of fused-ring (bicyclic) bond motifs is 1. The van der Waals surface area contributed by atoms with Gasteiger partial charge in [0, 0.05) is 28.7 Å². The van der Waals surface area contributed by atoms with E-state index < -0.39 is 0 Å². The highest BCUT2D eigenvalue weighted by Crippen LogP contribution is 2.66. The number of hydrogen-bond donors (Lipinski definition) is 2. The van der Waals surface area contributed by atoms with Crippen molar-refractivity contribution in [2.45, 2.75) is 157 Å². The summed E-state index contributed by atoms with van der Waals surface area (Å²) in [6, 6.07) is 0. The van der Waals surface area contributed by atoms with Gasteiger partial charge in [0.1, 0.15) is 11.2 Å². The van der Waals surface area contributed by atoms with E-state index in [0.29, 0.717) is 23.7 Å². The Labute approximate surface area is 265 Å². The maximum atomic E-state index is 10.3. The summed E-state index contributed by atoms with van der Waals surface area (Å²) in [7, 11) is 0. The van der Waals surface area contributed by atoms with Crippen LogP contribution in [0.1, 0.15) is 133 Å². The molecule has 2 aliphatic carbocycles. The van der Waals surface area contributed by atoms with Gasteiger partial charge < -0.3 is 14.9 Å². The normalized spacial score (nSPS) is 32.8. The molecule has 0 bridgehead atoms. The largest absolute Gasteiger partial charge is 0.393 e. The van der Waals surface area contributed by atoms with Crippen LogP contribution in [0.3, 0.4) is 0 Å². The SMILES string of the molecule is CC1=C(C#CC(C)CCCC(C)/C=C/CCC(C)C/C=C/C(C)/C=C/[C@@]23O[C@]2(C)C[C@@H](O)CC3(C)C)C(C)(C)C[C@H](O)C1. The summed E-state index contributed by atoms with van der Waals surface area (Å²) in [5.41, 5.74) is 1.97. The molecule has 3 aliphatic rings. The van der Waals surface area contributed by atoms with Gasteiger partial charge in [-0.15, -0.1) is 0 Å². The maximum Gasteiger partial charge on any atom is 0.121 e. The molecule has 242 valence electrons. The van der Waals surface area contributed by atoms with E-state index in [1.165, 1.54) is 30.4 Å². The number of allylic oxidation sites excluding steroid dienone is 6. The van der Waals surface area contributed by atoms with E-state index in [-0.39, 0.29) is 34.2 Å². The highest BCUT2D eigenvalue weighted by molar-refractivity contribution is 5.40. The molecule has 0 amide bonds. The molecule has 4 unspecified atom stereocenters. The summed E-state index contributed by atoms with van der Waals surface area (Å²) in [6.45, 7) is 22.4. The minimum atomic E-state index is -0.264. The van der Waals surface area contributed by atoms with Gasteiger partial charge >= 0.3 is 0 Å². The average molecular weight is 593 g/mol. The fraction of sp³-hybridized carbons (Fsp3) is 0.750. The lowest BCUT2D eigenvalue weighted by Gasteiger charge is -2.39. The Morgan fingerprint density at radius 2 is 1.60 bits per heavy atom. The molecule has 2 N–H and O–H groups in total. The first-order chi connectivity index (χ1) is 20.0. The lowest BCUT2D eigenvalue weighted by molar-refractivity contribution is 0.0514. The average Bonchev–Trinajstić information content (AvgIpc) is 3.49. The van der Waals surface area contributed by atoms with Gasteiger partial charge in [-0.2, -0.15) is 0 Å². The molecule has 3 rings (SSSR count). The summed E-state index contributed by atoms with van der Waals surface area (Å²) in [5, 5.41) is 20.4. The molecule has 1 heterocycles. The molecule has 43 heavy (non-hydrogen) atoms. The van der Waals surface area contributed by atoms with Crippen molar-refractivity contribution in [3.05, 3.63) is 47.6 Å². The molecule has 2 fully saturated rings. The quantitative estimate of drug-likeness (QED) is 0.127. The van der Waals surface area contributed by atoms with Crippen LogP contribution in [-0.4, -0.2) is 33.6 Å². The van der Waals surface area contributed by atoms with Crippen molar-refractivity contribution in [2.24, 2.45) is 34.5 Å². The van der Waals surface area contributed by atoms with Gasteiger partial charge in [0.05, 0.1) is 12.2 Å². The molecule has 1 saturated heterocycles. The highest BCUT2D eigenvalue weighted by atomic mass is 16.6. The molecule has 1 aliphatic heterocycles. The fourth-order valence-corrected chi connectivity index (χ4v) is 7.96. The Morgan fingerprint density at radius 1 is 0.884 bits per heavy atom. The van der Waals surface area contributed by atoms with Crippen molar-refractivity contribution in [1.29, 1.82) is 0 Å². The Bertz CT molecular complexity index is 1110. The smallest absolute Gasteiger partial charge is 0.121 e. The molecule has 8 atom stereocenters. The van der Waals surface area contributed by atoms with Crippen LogP contribution in [0.5, 0.6) is 0 Å². The number of hydrogen-bond acceptors (Lipinski definition) is 3. The van der Waals surface area contributed by atoms with Gasteiger partial charge in [0.2, 0.25) is 0 Å². The minimum absolute atomic E-state index is 0.0234. The predicted octanol–water partition coefficient (Wildman–Crippen LogP) is 9.75. The zero-order chi connectivity index (χ0) is 32.1. The maximum absolute atomic E-state index is 10.3. The number of aliphatic hydroxyl groups is 2. The third kappa shape index (κ3) is 9.45. The van der Waals surface area contributed by atoms with Crippen LogP contribution in [0.4, 0.5) is 0 Å². The lowest BCUT2D eigenvalue weighted by Crippen LogP contribution is -2.46. The van der Waals surface area contributed by atoms with Crippen molar-refractivity contribution in [1.82, 2.24) is 0 Å². The Morgan fingerprint density at radius 3 is 2.28 bits per heavy atom. The first-order valence-corrected chi connectivity index (χ1v) is 17.3. The second kappa shape index (κ2) is 14.7. The molecule has 0 radical (unpaired) electrons. The highest BCUT2D eigenvalue weighted by Gasteiger charge is 2.74. The molecule has 0 spiro atoms. The van der Waals surface area contributed by atoms with Crippen molar-refractivity contribution >= 4 is 0 Å². The summed E-state index contributed by atoms with van der Waals surface area (Å²) in [4.78, 5) is 0. The van der Waals surface area contributed by atoms with Crippen molar-refractivity contribution in [2.75, 3.05) is 0 Å². The van der Waals surface area contributed by atoms with E-state index in [0.717, 1.165) is 44.9 Å². The number of epoxide rings is 1. The standard InChI is InChI=1S/C40H64O3/c1-29(17-13-19-31(3)21-22-36-33(5)25-34(41)26-37(36,6)7)15-11-12-16-30(2)18-14-20-32(4)23-24-40-38(8,9)27-35(42)28-39(40,10)43-40/h11,14-15,20,23-24,29-32,34-35,41-42H,12-13,16-19,25-28H2,1-10H3/b15-11+,20-14+,24-23+/t29?,30?,31?,32?,34-,35+,39-,40+/m1/s1. The molecule has 1 saturated carbocycles. The van der Waals surface area contributed by atoms with Crippen LogP contribution in [0.25, 0.3) is 0 Å². The fourth-order valence-electron chi connectivity index (χ4n) is 7.96. The molecular weight excluding hydrogens is 528 g/mol. The first kappa shape index (κ1) is 35.9. The zero-order valence-electron chi connectivity index (χ0n) is 29.3. The van der Waals surface area contributed by atoms with E-state index in [2.05, 4.69) is 118 Å². The first-order valence-electron chi connectivity index (χ1n) is 17.3. The topological polar surface area (TPSA) is 53.0 Å². The van der Waals surface area contributed by atoms with E-state index in [1.807, 2.05) is 0 Å². The summed E-state index contributed by atoms with van der Waals surface area (Å²) >= 11 is 0. The molecular formula is C40H64O3. The number of ether oxygens (including phenoxy) is 1. The van der Waals surface area contributed by atoms with Gasteiger partial charge in [-0.3, -0.25) is 0 Å². The predicted molar refractivity (Wildman–Crippen MR) is 183 cm³/mol. The van der Waals surface area contributed by atoms with Gasteiger partial charge in [0.25, 0.3) is 0 Å². The van der Waals surface area contributed by atoms with Gasteiger partial charge in [-0.1, -0.05) is 116 Å². The monoisotopic (exact) mass is 592 g/mol. The Hall–Kier alpha value is -1.60. The second-order valence-corrected chi connectivity index (χ2v) is 16.2. The van der Waals surface area contributed by atoms with Gasteiger partial charge in [-0.25, -0.2) is 0 Å². The Kier molecular flexibility index (Phi) is 12.2. The zero-order valence-corrected chi connectivity index (χ0v) is 29.3. The van der Waals surface area contributed by atoms with E-state index in [9.17, 15) is 10.2 Å². The van der Waals surface area contributed by atoms with Gasteiger partial charge in [0.15, 0.2) is 0 Å². The van der Waals surface area contributed by atoms with Crippen LogP contribution < -0.4 is 0 Å². The number of aliphatic hydroxyl groups excluding tert-OH is 2. The second-order valence-electron chi connectivity index (χ2n) is 16.2. The van der Waals surface area contributed by atoms with Crippen LogP contribution in [0.15, 0.2) is 47.6 Å². The molecule has 0 aromatic heterocycles. The van der Waals surface area contributed by atoms with Crippen molar-refractivity contribution < 1.29 is 14.9 Å². The number of rotatable bonds is 13. The van der Waals surface area contributed by atoms with Crippen LogP contribution >= 0.6 is 0 Å². The van der Waals surface area contributed by atoms with E-state index in [4.69, 9.17) is 4.74 Å². The summed E-state index contributed by atoms with van der Waals surface area (Å²) in [5.74, 6) is 9.09. The third-order valence-corrected chi connectivity index (χ3v) is 10.5. The van der Waals surface area contributed by atoms with E-state index >= 15 is 0 Å². The van der Waals surface area contributed by atoms with Crippen LogP contribution in [-0.2, 0) is 4.74 Å². The summed E-state index contributed by atoms with van der Waals surface area (Å²) in [6.07, 6.45) is 23.7.